The SMILES string of the molecule is CC(C)CNCC1CC(N(C)C)=C2C[C@H]3C[C@H]4CC(O)=C(C(C)O)C(=O)[C@@]4(O)C(O)=C3C(=O)C2=C1O. The lowest BCUT2D eigenvalue weighted by Crippen LogP contribution is -2.57. The number of aliphatic hydroxyl groups is 5. The van der Waals surface area contributed by atoms with Crippen LogP contribution in [0.4, 0.5) is 0 Å². The summed E-state index contributed by atoms with van der Waals surface area (Å²) in [6, 6.07) is 0. The van der Waals surface area contributed by atoms with Crippen molar-refractivity contribution >= 4 is 11.6 Å². The Labute approximate surface area is 211 Å². The summed E-state index contributed by atoms with van der Waals surface area (Å²) in [6.07, 6.45) is -0.329. The fourth-order valence-corrected chi connectivity index (χ4v) is 6.31. The van der Waals surface area contributed by atoms with E-state index >= 15 is 0 Å². The van der Waals surface area contributed by atoms with Crippen molar-refractivity contribution in [3.05, 3.63) is 45.3 Å². The minimum atomic E-state index is -2.41. The zero-order chi connectivity index (χ0) is 26.7. The molecule has 2 unspecified atom stereocenters. The van der Waals surface area contributed by atoms with E-state index in [4.69, 9.17) is 0 Å². The van der Waals surface area contributed by atoms with Crippen LogP contribution >= 0.6 is 0 Å². The molecular weight excluding hydrogens is 464 g/mol. The van der Waals surface area contributed by atoms with Crippen molar-refractivity contribution in [3.8, 4) is 0 Å². The van der Waals surface area contributed by atoms with Crippen LogP contribution in [0.15, 0.2) is 45.3 Å². The van der Waals surface area contributed by atoms with Crippen LogP contribution in [0.25, 0.3) is 0 Å². The van der Waals surface area contributed by atoms with Gasteiger partial charge in [-0.15, -0.1) is 0 Å². The molecule has 0 heterocycles. The van der Waals surface area contributed by atoms with E-state index < -0.39 is 40.9 Å². The zero-order valence-corrected chi connectivity index (χ0v) is 21.6. The first-order valence-electron chi connectivity index (χ1n) is 12.7. The Balaban J connectivity index is 1.81. The van der Waals surface area contributed by atoms with Gasteiger partial charge in [-0.1, -0.05) is 13.8 Å². The second-order valence-corrected chi connectivity index (χ2v) is 11.3. The van der Waals surface area contributed by atoms with Crippen LogP contribution in [0.5, 0.6) is 0 Å². The van der Waals surface area contributed by atoms with Crippen LogP contribution in [-0.4, -0.2) is 80.9 Å². The minimum absolute atomic E-state index is 0.0399. The number of allylic oxidation sites excluding steroid dienone is 5. The molecule has 6 N–H and O–H groups in total. The summed E-state index contributed by atoms with van der Waals surface area (Å²) >= 11 is 0. The molecule has 0 saturated heterocycles. The van der Waals surface area contributed by atoms with E-state index in [2.05, 4.69) is 19.2 Å². The van der Waals surface area contributed by atoms with Crippen LogP contribution in [-0.2, 0) is 9.59 Å². The number of ketones is 2. The van der Waals surface area contributed by atoms with Crippen molar-refractivity contribution in [3.63, 3.8) is 0 Å². The molecule has 0 spiro atoms. The lowest BCUT2D eigenvalue weighted by molar-refractivity contribution is -0.144. The minimum Gasteiger partial charge on any atom is -0.512 e. The van der Waals surface area contributed by atoms with Crippen molar-refractivity contribution in [1.29, 1.82) is 0 Å². The van der Waals surface area contributed by atoms with Gasteiger partial charge in [0.15, 0.2) is 11.4 Å². The summed E-state index contributed by atoms with van der Waals surface area (Å²) in [5.74, 6) is -3.87. The molecule has 4 rings (SSSR count). The number of nitrogens with zero attached hydrogens (tertiary/aromatic N) is 1. The highest BCUT2D eigenvalue weighted by atomic mass is 16.3. The van der Waals surface area contributed by atoms with Gasteiger partial charge in [-0.25, -0.2) is 0 Å². The average Bonchev–Trinajstić information content (AvgIpc) is 2.77. The zero-order valence-electron chi connectivity index (χ0n) is 21.6. The first kappa shape index (κ1) is 26.4. The highest BCUT2D eigenvalue weighted by molar-refractivity contribution is 6.16. The molecule has 36 heavy (non-hydrogen) atoms. The Kier molecular flexibility index (Phi) is 6.87. The fourth-order valence-electron chi connectivity index (χ4n) is 6.31. The Bertz CT molecular complexity index is 1110. The van der Waals surface area contributed by atoms with Gasteiger partial charge in [-0.2, -0.15) is 0 Å². The van der Waals surface area contributed by atoms with Gasteiger partial charge in [0.25, 0.3) is 0 Å². The second kappa shape index (κ2) is 9.36. The second-order valence-electron chi connectivity index (χ2n) is 11.3. The number of nitrogens with one attached hydrogen (secondary N) is 1. The number of carbonyl (C=O) groups is 2. The van der Waals surface area contributed by atoms with Crippen LogP contribution in [0, 0.1) is 23.7 Å². The summed E-state index contributed by atoms with van der Waals surface area (Å²) in [6.45, 7) is 6.71. The summed E-state index contributed by atoms with van der Waals surface area (Å²) in [5, 5.41) is 57.8. The van der Waals surface area contributed by atoms with Crippen LogP contribution < -0.4 is 5.32 Å². The molecule has 0 aromatic rings. The molecular formula is C27H38N2O7. The molecule has 0 aliphatic heterocycles. The number of aliphatic hydroxyl groups excluding tert-OH is 4. The number of fused-ring (bicyclic) bond motifs is 3. The molecule has 0 aromatic carbocycles. The molecule has 0 radical (unpaired) electrons. The fraction of sp³-hybridized carbons (Fsp3) is 0.630. The van der Waals surface area contributed by atoms with Gasteiger partial charge in [0.1, 0.15) is 17.3 Å². The van der Waals surface area contributed by atoms with E-state index in [0.717, 1.165) is 17.8 Å². The smallest absolute Gasteiger partial charge is 0.204 e. The van der Waals surface area contributed by atoms with E-state index in [0.29, 0.717) is 25.3 Å². The first-order chi connectivity index (χ1) is 16.8. The number of carbonyl (C=O) groups excluding carboxylic acids is 2. The van der Waals surface area contributed by atoms with Crippen LogP contribution in [0.3, 0.4) is 0 Å². The van der Waals surface area contributed by atoms with E-state index in [-0.39, 0.29) is 47.0 Å². The maximum Gasteiger partial charge on any atom is 0.204 e. The Morgan fingerprint density at radius 3 is 2.33 bits per heavy atom. The van der Waals surface area contributed by atoms with E-state index in [9.17, 15) is 35.1 Å². The van der Waals surface area contributed by atoms with Gasteiger partial charge in [0.05, 0.1) is 17.3 Å². The van der Waals surface area contributed by atoms with Crippen LogP contribution in [0.1, 0.15) is 46.5 Å². The lowest BCUT2D eigenvalue weighted by atomic mass is 9.58. The largest absolute Gasteiger partial charge is 0.512 e. The molecule has 4 aliphatic carbocycles. The maximum absolute atomic E-state index is 13.9. The average molecular weight is 503 g/mol. The van der Waals surface area contributed by atoms with Gasteiger partial charge in [-0.3, -0.25) is 9.59 Å². The molecule has 1 fully saturated rings. The van der Waals surface area contributed by atoms with Gasteiger partial charge >= 0.3 is 0 Å². The molecule has 0 amide bonds. The van der Waals surface area contributed by atoms with Crippen molar-refractivity contribution in [2.45, 2.75) is 58.2 Å². The molecule has 1 saturated carbocycles. The number of Topliss-reactive ketones (excluding diaryl/α,β-unsaturated/α-hetero) is 2. The molecule has 0 aromatic heterocycles. The monoisotopic (exact) mass is 502 g/mol. The van der Waals surface area contributed by atoms with E-state index in [1.807, 2.05) is 19.0 Å². The molecule has 198 valence electrons. The van der Waals surface area contributed by atoms with Gasteiger partial charge < -0.3 is 35.7 Å². The molecule has 9 nitrogen and oxygen atoms in total. The predicted molar refractivity (Wildman–Crippen MR) is 133 cm³/mol. The molecule has 0 bridgehead atoms. The molecule has 5 atom stereocenters. The number of hydrogen-bond donors (Lipinski definition) is 6. The highest BCUT2D eigenvalue weighted by Crippen LogP contribution is 2.54. The third-order valence-corrected chi connectivity index (χ3v) is 8.08. The first-order valence-corrected chi connectivity index (χ1v) is 12.7. The molecule has 9 heteroatoms. The topological polar surface area (TPSA) is 151 Å². The summed E-state index contributed by atoms with van der Waals surface area (Å²) in [5.41, 5.74) is -1.03. The quantitative estimate of drug-likeness (QED) is 0.321. The van der Waals surface area contributed by atoms with Crippen LogP contribution in [0.2, 0.25) is 0 Å². The number of hydrogen-bond acceptors (Lipinski definition) is 9. The van der Waals surface area contributed by atoms with Crippen molar-refractivity contribution in [2.24, 2.45) is 23.7 Å². The van der Waals surface area contributed by atoms with Gasteiger partial charge in [0, 0.05) is 50.2 Å². The normalized spacial score (nSPS) is 31.6. The third-order valence-electron chi connectivity index (χ3n) is 8.08. The molecule has 4 aliphatic rings. The standard InChI is InChI=1S/C27H38N2O7/c1-12(2)10-28-11-15-8-18(29(4)5)17-7-14-6-16-9-19(31)20(13(3)30)25(34)27(16,36)26(35)21(14)24(33)22(17)23(15)32/h12-16,28,30-32,35-36H,6-11H2,1-5H3/t13?,14-,15?,16+,27-/m1/s1. The predicted octanol–water partition coefficient (Wildman–Crippen LogP) is 2.20. The van der Waals surface area contributed by atoms with Crippen molar-refractivity contribution in [2.75, 3.05) is 27.2 Å². The van der Waals surface area contributed by atoms with Crippen molar-refractivity contribution < 1.29 is 35.1 Å². The van der Waals surface area contributed by atoms with Gasteiger partial charge in [-0.05, 0) is 50.1 Å². The number of rotatable bonds is 6. The Morgan fingerprint density at radius 1 is 1.08 bits per heavy atom. The summed E-state index contributed by atoms with van der Waals surface area (Å²) < 4.78 is 0. The summed E-state index contributed by atoms with van der Waals surface area (Å²) in [7, 11) is 3.79. The van der Waals surface area contributed by atoms with E-state index in [1.165, 1.54) is 6.92 Å². The van der Waals surface area contributed by atoms with Crippen molar-refractivity contribution in [1.82, 2.24) is 10.2 Å². The van der Waals surface area contributed by atoms with Gasteiger partial charge in [0.2, 0.25) is 5.78 Å². The highest BCUT2D eigenvalue weighted by Gasteiger charge is 2.60. The maximum atomic E-state index is 13.9. The van der Waals surface area contributed by atoms with E-state index in [1.54, 1.807) is 0 Å². The Morgan fingerprint density at radius 2 is 1.75 bits per heavy atom. The lowest BCUT2D eigenvalue weighted by Gasteiger charge is -2.47. The third kappa shape index (κ3) is 3.97. The summed E-state index contributed by atoms with van der Waals surface area (Å²) in [4.78, 5) is 29.0. The Hall–Kier alpha value is -2.62.